The fourth-order valence-corrected chi connectivity index (χ4v) is 2.40. The van der Waals surface area contributed by atoms with E-state index in [9.17, 15) is 4.39 Å². The van der Waals surface area contributed by atoms with Crippen molar-refractivity contribution in [1.82, 2.24) is 0 Å². The van der Waals surface area contributed by atoms with Gasteiger partial charge in [0.05, 0.1) is 18.9 Å². The summed E-state index contributed by atoms with van der Waals surface area (Å²) < 4.78 is 24.1. The first kappa shape index (κ1) is 13.1. The van der Waals surface area contributed by atoms with E-state index in [0.29, 0.717) is 23.6 Å². The minimum absolute atomic E-state index is 0.232. The van der Waals surface area contributed by atoms with Gasteiger partial charge >= 0.3 is 0 Å². The molecule has 1 saturated carbocycles. The molecular formula is C14H20FNO2. The molecule has 0 radical (unpaired) electrons. The largest absolute Gasteiger partial charge is 0.497 e. The van der Waals surface area contributed by atoms with Gasteiger partial charge in [-0.15, -0.1) is 0 Å². The van der Waals surface area contributed by atoms with Crippen LogP contribution in [0.1, 0.15) is 25.7 Å². The molecule has 0 atom stereocenters. The minimum Gasteiger partial charge on any atom is -0.497 e. The molecule has 0 saturated heterocycles. The predicted molar refractivity (Wildman–Crippen MR) is 69.6 cm³/mol. The van der Waals surface area contributed by atoms with Crippen molar-refractivity contribution < 1.29 is 13.9 Å². The Morgan fingerprint density at radius 1 is 1.17 bits per heavy atom. The third kappa shape index (κ3) is 3.13. The molecule has 0 aromatic heterocycles. The number of anilines is 1. The van der Waals surface area contributed by atoms with Gasteiger partial charge in [-0.3, -0.25) is 0 Å². The molecule has 1 fully saturated rings. The van der Waals surface area contributed by atoms with Crippen molar-refractivity contribution in [2.45, 2.75) is 37.8 Å². The second-order valence-electron chi connectivity index (χ2n) is 4.70. The summed E-state index contributed by atoms with van der Waals surface area (Å²) in [5.74, 6) is 0.439. The van der Waals surface area contributed by atoms with E-state index in [1.54, 1.807) is 26.4 Å². The Balaban J connectivity index is 1.97. The number of benzene rings is 1. The van der Waals surface area contributed by atoms with Crippen LogP contribution in [-0.2, 0) is 4.74 Å². The van der Waals surface area contributed by atoms with Gasteiger partial charge in [0.25, 0.3) is 0 Å². The smallest absolute Gasteiger partial charge is 0.146 e. The van der Waals surface area contributed by atoms with E-state index in [1.165, 1.54) is 6.07 Å². The van der Waals surface area contributed by atoms with Gasteiger partial charge < -0.3 is 14.8 Å². The van der Waals surface area contributed by atoms with Gasteiger partial charge in [0.1, 0.15) is 11.6 Å². The SMILES string of the molecule is COc1ccc(F)c(NC2CCC(OC)CC2)c1. The van der Waals surface area contributed by atoms with Crippen molar-refractivity contribution in [2.75, 3.05) is 19.5 Å². The Morgan fingerprint density at radius 2 is 1.89 bits per heavy atom. The average Bonchev–Trinajstić information content (AvgIpc) is 2.42. The number of halogens is 1. The molecule has 1 aromatic carbocycles. The van der Waals surface area contributed by atoms with Crippen molar-refractivity contribution in [3.8, 4) is 5.75 Å². The quantitative estimate of drug-likeness (QED) is 0.893. The summed E-state index contributed by atoms with van der Waals surface area (Å²) in [4.78, 5) is 0. The molecular weight excluding hydrogens is 233 g/mol. The van der Waals surface area contributed by atoms with Gasteiger partial charge in [-0.2, -0.15) is 0 Å². The maximum Gasteiger partial charge on any atom is 0.146 e. The predicted octanol–water partition coefficient (Wildman–Crippen LogP) is 3.20. The number of ether oxygens (including phenoxy) is 2. The maximum atomic E-state index is 13.7. The Kier molecular flexibility index (Phi) is 4.42. The number of methoxy groups -OCH3 is 2. The molecule has 1 aliphatic rings. The first-order chi connectivity index (χ1) is 8.72. The van der Waals surface area contributed by atoms with Crippen LogP contribution in [0, 0.1) is 5.82 Å². The number of hydrogen-bond donors (Lipinski definition) is 1. The van der Waals surface area contributed by atoms with E-state index in [4.69, 9.17) is 9.47 Å². The van der Waals surface area contributed by atoms with E-state index < -0.39 is 0 Å². The first-order valence-corrected chi connectivity index (χ1v) is 6.36. The van der Waals surface area contributed by atoms with E-state index >= 15 is 0 Å². The molecule has 0 aliphatic heterocycles. The van der Waals surface area contributed by atoms with Crippen molar-refractivity contribution in [2.24, 2.45) is 0 Å². The highest BCUT2D eigenvalue weighted by Gasteiger charge is 2.21. The van der Waals surface area contributed by atoms with E-state index in [0.717, 1.165) is 25.7 Å². The fraction of sp³-hybridized carbons (Fsp3) is 0.571. The Morgan fingerprint density at radius 3 is 2.50 bits per heavy atom. The molecule has 0 bridgehead atoms. The second-order valence-corrected chi connectivity index (χ2v) is 4.70. The molecule has 0 heterocycles. The summed E-state index contributed by atoms with van der Waals surface area (Å²) in [5, 5.41) is 3.26. The van der Waals surface area contributed by atoms with Gasteiger partial charge in [0.2, 0.25) is 0 Å². The van der Waals surface area contributed by atoms with E-state index in [-0.39, 0.29) is 5.82 Å². The molecule has 0 spiro atoms. The second kappa shape index (κ2) is 6.05. The van der Waals surface area contributed by atoms with Gasteiger partial charge in [-0.25, -0.2) is 4.39 Å². The zero-order chi connectivity index (χ0) is 13.0. The average molecular weight is 253 g/mol. The zero-order valence-electron chi connectivity index (χ0n) is 10.9. The fourth-order valence-electron chi connectivity index (χ4n) is 2.40. The van der Waals surface area contributed by atoms with Gasteiger partial charge in [-0.1, -0.05) is 0 Å². The van der Waals surface area contributed by atoms with Crippen LogP contribution in [0.3, 0.4) is 0 Å². The van der Waals surface area contributed by atoms with Crippen LogP contribution in [0.4, 0.5) is 10.1 Å². The summed E-state index contributed by atoms with van der Waals surface area (Å²) in [6, 6.07) is 5.08. The molecule has 18 heavy (non-hydrogen) atoms. The summed E-state index contributed by atoms with van der Waals surface area (Å²) in [5.41, 5.74) is 0.523. The molecule has 100 valence electrons. The van der Waals surface area contributed by atoms with Crippen molar-refractivity contribution in [1.29, 1.82) is 0 Å². The number of nitrogens with one attached hydrogen (secondary N) is 1. The number of rotatable bonds is 4. The molecule has 3 nitrogen and oxygen atoms in total. The van der Waals surface area contributed by atoms with E-state index in [1.807, 2.05) is 0 Å². The molecule has 4 heteroatoms. The van der Waals surface area contributed by atoms with Crippen LogP contribution in [0.15, 0.2) is 18.2 Å². The minimum atomic E-state index is -0.232. The van der Waals surface area contributed by atoms with Crippen molar-refractivity contribution in [3.63, 3.8) is 0 Å². The van der Waals surface area contributed by atoms with Crippen LogP contribution >= 0.6 is 0 Å². The highest BCUT2D eigenvalue weighted by molar-refractivity contribution is 5.50. The zero-order valence-corrected chi connectivity index (χ0v) is 10.9. The first-order valence-electron chi connectivity index (χ1n) is 6.36. The summed E-state index contributed by atoms with van der Waals surface area (Å²) in [6.07, 6.45) is 4.43. The van der Waals surface area contributed by atoms with Crippen molar-refractivity contribution >= 4 is 5.69 Å². The molecule has 1 aliphatic carbocycles. The highest BCUT2D eigenvalue weighted by Crippen LogP contribution is 2.27. The van der Waals surface area contributed by atoms with E-state index in [2.05, 4.69) is 5.32 Å². The van der Waals surface area contributed by atoms with Crippen LogP contribution in [-0.4, -0.2) is 26.4 Å². The lowest BCUT2D eigenvalue weighted by Crippen LogP contribution is -2.29. The van der Waals surface area contributed by atoms with Crippen LogP contribution < -0.4 is 10.1 Å². The highest BCUT2D eigenvalue weighted by atomic mass is 19.1. The monoisotopic (exact) mass is 253 g/mol. The summed E-state index contributed by atoms with van der Waals surface area (Å²) >= 11 is 0. The summed E-state index contributed by atoms with van der Waals surface area (Å²) in [6.45, 7) is 0. The molecule has 0 unspecified atom stereocenters. The van der Waals surface area contributed by atoms with Crippen LogP contribution in [0.25, 0.3) is 0 Å². The third-order valence-corrected chi connectivity index (χ3v) is 3.54. The third-order valence-electron chi connectivity index (χ3n) is 3.54. The normalized spacial score (nSPS) is 23.7. The van der Waals surface area contributed by atoms with Gasteiger partial charge in [-0.05, 0) is 37.8 Å². The van der Waals surface area contributed by atoms with Gasteiger partial charge in [0, 0.05) is 19.2 Å². The van der Waals surface area contributed by atoms with Crippen LogP contribution in [0.2, 0.25) is 0 Å². The summed E-state index contributed by atoms with van der Waals surface area (Å²) in [7, 11) is 3.33. The Labute approximate surface area is 107 Å². The topological polar surface area (TPSA) is 30.5 Å². The standard InChI is InChI=1S/C14H20FNO2/c1-17-11-5-3-10(4-6-11)16-14-9-12(18-2)7-8-13(14)15/h7-11,16H,3-6H2,1-2H3. The lowest BCUT2D eigenvalue weighted by Gasteiger charge is -2.29. The lowest BCUT2D eigenvalue weighted by molar-refractivity contribution is 0.0681. The molecule has 1 aromatic rings. The van der Waals surface area contributed by atoms with Crippen LogP contribution in [0.5, 0.6) is 5.75 Å². The van der Waals surface area contributed by atoms with Crippen molar-refractivity contribution in [3.05, 3.63) is 24.0 Å². The molecule has 1 N–H and O–H groups in total. The maximum absolute atomic E-state index is 13.7. The Hall–Kier alpha value is -1.29. The molecule has 2 rings (SSSR count). The Bertz CT molecular complexity index is 389. The lowest BCUT2D eigenvalue weighted by atomic mass is 9.93. The molecule has 0 amide bonds. The van der Waals surface area contributed by atoms with Gasteiger partial charge in [0.15, 0.2) is 0 Å². The number of hydrogen-bond acceptors (Lipinski definition) is 3.